The van der Waals surface area contributed by atoms with Crippen molar-refractivity contribution >= 4 is 12.0 Å². The van der Waals surface area contributed by atoms with Gasteiger partial charge in [-0.05, 0) is 18.6 Å². The number of carbonyl (C=O) groups excluding carboxylic acids is 1. The molecule has 1 aliphatic rings. The third-order valence-corrected chi connectivity index (χ3v) is 2.48. The van der Waals surface area contributed by atoms with E-state index in [1.807, 2.05) is 12.1 Å². The van der Waals surface area contributed by atoms with Gasteiger partial charge in [-0.25, -0.2) is 0 Å². The first-order valence-electron chi connectivity index (χ1n) is 5.03. The summed E-state index contributed by atoms with van der Waals surface area (Å²) < 4.78 is 0. The smallest absolute Gasteiger partial charge is 0.226 e. The predicted octanol–water partition coefficient (Wildman–Crippen LogP) is 1.99. The molecule has 0 aromatic heterocycles. The summed E-state index contributed by atoms with van der Waals surface area (Å²) in [7, 11) is 0. The van der Waals surface area contributed by atoms with Gasteiger partial charge in [-0.1, -0.05) is 18.2 Å². The number of phenols is 1. The Balaban J connectivity index is 2.11. The van der Waals surface area contributed by atoms with E-state index in [2.05, 4.69) is 0 Å². The Morgan fingerprint density at radius 3 is 2.80 bits per heavy atom. The molecule has 0 aliphatic carbocycles. The maximum Gasteiger partial charge on any atom is 0.226 e. The molecule has 1 saturated heterocycles. The molecule has 0 spiro atoms. The zero-order valence-corrected chi connectivity index (χ0v) is 8.39. The minimum Gasteiger partial charge on any atom is -0.507 e. The van der Waals surface area contributed by atoms with Crippen LogP contribution in [-0.4, -0.2) is 22.5 Å². The van der Waals surface area contributed by atoms with E-state index in [0.29, 0.717) is 6.42 Å². The molecule has 1 aromatic rings. The second-order valence-corrected chi connectivity index (χ2v) is 3.57. The third-order valence-electron chi connectivity index (χ3n) is 2.48. The molecule has 78 valence electrons. The summed E-state index contributed by atoms with van der Waals surface area (Å²) >= 11 is 0. The van der Waals surface area contributed by atoms with Crippen LogP contribution in [0.2, 0.25) is 0 Å². The number of benzene rings is 1. The lowest BCUT2D eigenvalue weighted by Gasteiger charge is -2.08. The van der Waals surface area contributed by atoms with Gasteiger partial charge in [0.05, 0.1) is 0 Å². The fourth-order valence-electron chi connectivity index (χ4n) is 1.63. The van der Waals surface area contributed by atoms with Crippen LogP contribution < -0.4 is 0 Å². The normalized spacial score (nSPS) is 16.5. The lowest BCUT2D eigenvalue weighted by atomic mass is 10.2. The summed E-state index contributed by atoms with van der Waals surface area (Å²) in [5, 5.41) is 9.50. The average molecular weight is 203 g/mol. The van der Waals surface area contributed by atoms with E-state index in [1.54, 1.807) is 29.3 Å². The predicted molar refractivity (Wildman–Crippen MR) is 58.1 cm³/mol. The molecule has 1 fully saturated rings. The molecule has 1 N–H and O–H groups in total. The van der Waals surface area contributed by atoms with Gasteiger partial charge >= 0.3 is 0 Å². The van der Waals surface area contributed by atoms with Crippen molar-refractivity contribution in [2.75, 3.05) is 6.54 Å². The number of aromatic hydroxyl groups is 1. The fourth-order valence-corrected chi connectivity index (χ4v) is 1.63. The van der Waals surface area contributed by atoms with Crippen molar-refractivity contribution in [3.05, 3.63) is 36.0 Å². The number of rotatable bonds is 2. The Hall–Kier alpha value is -1.77. The average Bonchev–Trinajstić information content (AvgIpc) is 2.63. The van der Waals surface area contributed by atoms with Gasteiger partial charge in [0.25, 0.3) is 0 Å². The van der Waals surface area contributed by atoms with Gasteiger partial charge in [0.15, 0.2) is 0 Å². The number of hydrogen-bond donors (Lipinski definition) is 1. The summed E-state index contributed by atoms with van der Waals surface area (Å²) in [6.45, 7) is 0.781. The highest BCUT2D eigenvalue weighted by molar-refractivity contribution is 5.80. The van der Waals surface area contributed by atoms with Crippen molar-refractivity contribution in [3.63, 3.8) is 0 Å². The second-order valence-electron chi connectivity index (χ2n) is 3.57. The van der Waals surface area contributed by atoms with E-state index in [1.165, 1.54) is 0 Å². The van der Waals surface area contributed by atoms with Crippen LogP contribution in [0, 0.1) is 0 Å². The Morgan fingerprint density at radius 1 is 1.33 bits per heavy atom. The van der Waals surface area contributed by atoms with Crippen LogP contribution in [-0.2, 0) is 4.79 Å². The highest BCUT2D eigenvalue weighted by Gasteiger charge is 2.17. The number of hydrogen-bond acceptors (Lipinski definition) is 2. The molecule has 0 saturated carbocycles. The van der Waals surface area contributed by atoms with Crippen LogP contribution >= 0.6 is 0 Å². The standard InChI is InChI=1S/C12H13NO2/c14-11-5-2-1-4-10(11)7-9-13-8-3-6-12(13)15/h1-2,4-5,7,9,14H,3,6,8H2. The topological polar surface area (TPSA) is 40.5 Å². The van der Waals surface area contributed by atoms with Crippen LogP contribution in [0.1, 0.15) is 18.4 Å². The van der Waals surface area contributed by atoms with E-state index < -0.39 is 0 Å². The molecule has 1 aliphatic heterocycles. The first-order valence-corrected chi connectivity index (χ1v) is 5.03. The molecule has 2 rings (SSSR count). The van der Waals surface area contributed by atoms with Crippen LogP contribution in [0.3, 0.4) is 0 Å². The van der Waals surface area contributed by atoms with Gasteiger partial charge in [0.1, 0.15) is 5.75 Å². The molecule has 1 aromatic carbocycles. The van der Waals surface area contributed by atoms with Crippen molar-refractivity contribution in [1.29, 1.82) is 0 Å². The quantitative estimate of drug-likeness (QED) is 0.798. The van der Waals surface area contributed by atoms with Crippen LogP contribution in [0.15, 0.2) is 30.5 Å². The number of nitrogens with zero attached hydrogens (tertiary/aromatic N) is 1. The summed E-state index contributed by atoms with van der Waals surface area (Å²) in [5.74, 6) is 0.391. The summed E-state index contributed by atoms with van der Waals surface area (Å²) in [4.78, 5) is 13.0. The zero-order valence-electron chi connectivity index (χ0n) is 8.39. The fraction of sp³-hybridized carbons (Fsp3) is 0.250. The summed E-state index contributed by atoms with van der Waals surface area (Å²) in [6.07, 6.45) is 5.05. The van der Waals surface area contributed by atoms with Gasteiger partial charge < -0.3 is 10.0 Å². The molecule has 0 unspecified atom stereocenters. The molecular weight excluding hydrogens is 190 g/mol. The van der Waals surface area contributed by atoms with Gasteiger partial charge in [0.2, 0.25) is 5.91 Å². The summed E-state index contributed by atoms with van der Waals surface area (Å²) in [6, 6.07) is 7.07. The Kier molecular flexibility index (Phi) is 2.72. The number of likely N-dealkylation sites (tertiary alicyclic amines) is 1. The first kappa shape index (κ1) is 9.77. The zero-order chi connectivity index (χ0) is 10.7. The van der Waals surface area contributed by atoms with E-state index in [9.17, 15) is 9.90 Å². The maximum atomic E-state index is 11.3. The number of para-hydroxylation sites is 1. The second kappa shape index (κ2) is 4.17. The lowest BCUT2D eigenvalue weighted by molar-refractivity contribution is -0.125. The molecule has 0 bridgehead atoms. The highest BCUT2D eigenvalue weighted by Crippen LogP contribution is 2.18. The van der Waals surface area contributed by atoms with Crippen LogP contribution in [0.25, 0.3) is 6.08 Å². The minimum absolute atomic E-state index is 0.154. The third kappa shape index (κ3) is 2.18. The summed E-state index contributed by atoms with van der Waals surface area (Å²) in [5.41, 5.74) is 0.734. The number of amides is 1. The molecule has 1 heterocycles. The van der Waals surface area contributed by atoms with Crippen molar-refractivity contribution in [2.45, 2.75) is 12.8 Å². The minimum atomic E-state index is 0.154. The van der Waals surface area contributed by atoms with Crippen molar-refractivity contribution in [1.82, 2.24) is 4.90 Å². The number of phenolic OH excluding ortho intramolecular Hbond substituents is 1. The molecule has 3 heteroatoms. The molecular formula is C12H13NO2. The monoisotopic (exact) mass is 203 g/mol. The van der Waals surface area contributed by atoms with E-state index in [4.69, 9.17) is 0 Å². The largest absolute Gasteiger partial charge is 0.507 e. The Labute approximate surface area is 88.6 Å². The van der Waals surface area contributed by atoms with E-state index in [-0.39, 0.29) is 11.7 Å². The van der Waals surface area contributed by atoms with Crippen molar-refractivity contribution < 1.29 is 9.90 Å². The highest BCUT2D eigenvalue weighted by atomic mass is 16.3. The molecule has 1 amide bonds. The van der Waals surface area contributed by atoms with E-state index in [0.717, 1.165) is 18.5 Å². The van der Waals surface area contributed by atoms with Gasteiger partial charge in [0, 0.05) is 24.7 Å². The molecule has 0 atom stereocenters. The lowest BCUT2D eigenvalue weighted by Crippen LogP contribution is -2.16. The maximum absolute atomic E-state index is 11.3. The SMILES string of the molecule is O=C1CCCN1C=Cc1ccccc1O. The van der Waals surface area contributed by atoms with Crippen molar-refractivity contribution in [2.24, 2.45) is 0 Å². The van der Waals surface area contributed by atoms with Crippen LogP contribution in [0.4, 0.5) is 0 Å². The van der Waals surface area contributed by atoms with Crippen molar-refractivity contribution in [3.8, 4) is 5.75 Å². The van der Waals surface area contributed by atoms with Gasteiger partial charge in [-0.15, -0.1) is 0 Å². The van der Waals surface area contributed by atoms with Crippen LogP contribution in [0.5, 0.6) is 5.75 Å². The number of carbonyl (C=O) groups is 1. The van der Waals surface area contributed by atoms with Gasteiger partial charge in [-0.2, -0.15) is 0 Å². The first-order chi connectivity index (χ1) is 7.27. The van der Waals surface area contributed by atoms with Gasteiger partial charge in [-0.3, -0.25) is 4.79 Å². The van der Waals surface area contributed by atoms with E-state index >= 15 is 0 Å². The molecule has 0 radical (unpaired) electrons. The Morgan fingerprint density at radius 2 is 2.13 bits per heavy atom. The Bertz CT molecular complexity index is 398. The molecule has 15 heavy (non-hydrogen) atoms. The molecule has 3 nitrogen and oxygen atoms in total.